The highest BCUT2D eigenvalue weighted by Gasteiger charge is 2.17. The van der Waals surface area contributed by atoms with E-state index in [2.05, 4.69) is 40.0 Å². The Morgan fingerprint density at radius 2 is 1.58 bits per heavy atom. The third-order valence-corrected chi connectivity index (χ3v) is 5.50. The molecule has 3 heterocycles. The first kappa shape index (κ1) is 19.0. The molecular formula is C24H22N4O3. The molecule has 0 saturated heterocycles. The number of ether oxygens (including phenoxy) is 3. The second kappa shape index (κ2) is 7.36. The first-order valence-electron chi connectivity index (χ1n) is 9.83. The summed E-state index contributed by atoms with van der Waals surface area (Å²) < 4.78 is 20.4. The van der Waals surface area contributed by atoms with Crippen molar-refractivity contribution < 1.29 is 14.2 Å². The molecule has 156 valence electrons. The zero-order chi connectivity index (χ0) is 21.5. The second-order valence-corrected chi connectivity index (χ2v) is 7.24. The summed E-state index contributed by atoms with van der Waals surface area (Å²) in [7, 11) is 6.85. The molecule has 7 nitrogen and oxygen atoms in total. The molecule has 5 rings (SSSR count). The highest BCUT2D eigenvalue weighted by atomic mass is 16.5. The van der Waals surface area contributed by atoms with E-state index in [0.29, 0.717) is 17.2 Å². The molecule has 0 aliphatic heterocycles. The lowest BCUT2D eigenvalue weighted by atomic mass is 10.1. The van der Waals surface area contributed by atoms with Gasteiger partial charge in [0, 0.05) is 47.5 Å². The minimum atomic E-state index is 0.552. The van der Waals surface area contributed by atoms with Gasteiger partial charge in [-0.05, 0) is 36.4 Å². The van der Waals surface area contributed by atoms with Gasteiger partial charge >= 0.3 is 0 Å². The number of fused-ring (bicyclic) bond motifs is 2. The Kier molecular flexibility index (Phi) is 4.51. The van der Waals surface area contributed by atoms with Crippen LogP contribution in [-0.2, 0) is 7.05 Å². The lowest BCUT2D eigenvalue weighted by Gasteiger charge is -2.14. The molecule has 0 saturated carbocycles. The lowest BCUT2D eigenvalue weighted by Crippen LogP contribution is -1.99. The molecule has 0 N–H and O–H groups in total. The molecule has 31 heavy (non-hydrogen) atoms. The first-order chi connectivity index (χ1) is 15.1. The predicted octanol–water partition coefficient (Wildman–Crippen LogP) is 4.58. The smallest absolute Gasteiger partial charge is 0.203 e. The highest BCUT2D eigenvalue weighted by Crippen LogP contribution is 2.41. The van der Waals surface area contributed by atoms with Crippen LogP contribution in [0.15, 0.2) is 60.9 Å². The molecule has 0 unspecified atom stereocenters. The van der Waals surface area contributed by atoms with Crippen molar-refractivity contribution >= 4 is 16.6 Å². The third kappa shape index (κ3) is 3.06. The average Bonchev–Trinajstić information content (AvgIpc) is 3.41. The number of rotatable bonds is 5. The molecule has 0 bridgehead atoms. The fourth-order valence-electron chi connectivity index (χ4n) is 3.92. The number of aryl methyl sites for hydroxylation is 1. The van der Waals surface area contributed by atoms with Crippen molar-refractivity contribution in [1.82, 2.24) is 19.2 Å². The molecule has 0 amide bonds. The second-order valence-electron chi connectivity index (χ2n) is 7.24. The van der Waals surface area contributed by atoms with E-state index in [-0.39, 0.29) is 0 Å². The molecule has 2 aromatic carbocycles. The van der Waals surface area contributed by atoms with Crippen LogP contribution >= 0.6 is 0 Å². The van der Waals surface area contributed by atoms with E-state index in [0.717, 1.165) is 28.2 Å². The van der Waals surface area contributed by atoms with Gasteiger partial charge in [-0.25, -0.2) is 9.50 Å². The Bertz CT molecular complexity index is 1390. The standard InChI is InChI=1S/C24H22N4O3/c1-27-10-8-16-11-15(5-6-19(16)27)18-14-23-25-9-7-20(28(23)26-18)17-12-21(29-2)24(31-4)22(13-17)30-3/h5-14H,1-4H3. The van der Waals surface area contributed by atoms with E-state index in [1.54, 1.807) is 27.5 Å². The van der Waals surface area contributed by atoms with Gasteiger partial charge < -0.3 is 18.8 Å². The Hall–Kier alpha value is -4.00. The van der Waals surface area contributed by atoms with Crippen LogP contribution in [0.5, 0.6) is 17.2 Å². The number of methoxy groups -OCH3 is 3. The van der Waals surface area contributed by atoms with Gasteiger partial charge in [-0.1, -0.05) is 6.07 Å². The Morgan fingerprint density at radius 3 is 2.29 bits per heavy atom. The van der Waals surface area contributed by atoms with Crippen LogP contribution in [0, 0.1) is 0 Å². The van der Waals surface area contributed by atoms with Crippen molar-refractivity contribution in [1.29, 1.82) is 0 Å². The van der Waals surface area contributed by atoms with Crippen molar-refractivity contribution in [3.63, 3.8) is 0 Å². The number of benzene rings is 2. The maximum absolute atomic E-state index is 5.52. The predicted molar refractivity (Wildman–Crippen MR) is 120 cm³/mol. The molecular weight excluding hydrogens is 392 g/mol. The van der Waals surface area contributed by atoms with Gasteiger partial charge in [-0.2, -0.15) is 5.10 Å². The average molecular weight is 414 g/mol. The van der Waals surface area contributed by atoms with Gasteiger partial charge in [0.2, 0.25) is 5.75 Å². The summed E-state index contributed by atoms with van der Waals surface area (Å²) in [4.78, 5) is 4.51. The van der Waals surface area contributed by atoms with Gasteiger partial charge in [0.15, 0.2) is 17.1 Å². The van der Waals surface area contributed by atoms with Gasteiger partial charge in [0.25, 0.3) is 0 Å². The minimum absolute atomic E-state index is 0.552. The molecule has 0 aliphatic carbocycles. The van der Waals surface area contributed by atoms with Gasteiger partial charge in [0.1, 0.15) is 0 Å². The summed E-state index contributed by atoms with van der Waals surface area (Å²) in [6, 6.07) is 16.2. The molecule has 0 spiro atoms. The van der Waals surface area contributed by atoms with E-state index in [1.165, 1.54) is 10.9 Å². The van der Waals surface area contributed by atoms with Gasteiger partial charge in [-0.3, -0.25) is 0 Å². The third-order valence-electron chi connectivity index (χ3n) is 5.50. The fourth-order valence-corrected chi connectivity index (χ4v) is 3.92. The molecule has 0 fully saturated rings. The van der Waals surface area contributed by atoms with E-state index in [1.807, 2.05) is 35.8 Å². The van der Waals surface area contributed by atoms with Crippen LogP contribution in [0.25, 0.3) is 39.1 Å². The van der Waals surface area contributed by atoms with E-state index < -0.39 is 0 Å². The summed E-state index contributed by atoms with van der Waals surface area (Å²) >= 11 is 0. The largest absolute Gasteiger partial charge is 0.493 e. The summed E-state index contributed by atoms with van der Waals surface area (Å²) in [6.45, 7) is 0. The van der Waals surface area contributed by atoms with Crippen LogP contribution in [-0.4, -0.2) is 40.5 Å². The molecule has 5 aromatic rings. The molecule has 0 aliphatic rings. The molecule has 3 aromatic heterocycles. The Balaban J connectivity index is 1.66. The molecule has 0 radical (unpaired) electrons. The SMILES string of the molecule is COc1cc(-c2ccnc3cc(-c4ccc5c(ccn5C)c4)nn23)cc(OC)c1OC. The highest BCUT2D eigenvalue weighted by molar-refractivity contribution is 5.85. The molecule has 0 atom stereocenters. The van der Waals surface area contributed by atoms with Crippen molar-refractivity contribution in [2.24, 2.45) is 7.05 Å². The maximum atomic E-state index is 5.52. The fraction of sp³-hybridized carbons (Fsp3) is 0.167. The summed E-state index contributed by atoms with van der Waals surface area (Å²) in [6.07, 6.45) is 3.84. The van der Waals surface area contributed by atoms with Gasteiger partial charge in [0.05, 0.1) is 32.7 Å². The summed E-state index contributed by atoms with van der Waals surface area (Å²) in [5, 5.41) is 6.04. The minimum Gasteiger partial charge on any atom is -0.493 e. The van der Waals surface area contributed by atoms with E-state index >= 15 is 0 Å². The monoisotopic (exact) mass is 414 g/mol. The zero-order valence-corrected chi connectivity index (χ0v) is 17.8. The topological polar surface area (TPSA) is 62.8 Å². The van der Waals surface area contributed by atoms with Gasteiger partial charge in [-0.15, -0.1) is 0 Å². The normalized spacial score (nSPS) is 11.2. The van der Waals surface area contributed by atoms with Crippen LogP contribution in [0.4, 0.5) is 0 Å². The van der Waals surface area contributed by atoms with E-state index in [9.17, 15) is 0 Å². The van der Waals surface area contributed by atoms with Crippen LogP contribution in [0.2, 0.25) is 0 Å². The van der Waals surface area contributed by atoms with Crippen molar-refractivity contribution in [3.05, 3.63) is 60.9 Å². The summed E-state index contributed by atoms with van der Waals surface area (Å²) in [5.74, 6) is 1.73. The van der Waals surface area contributed by atoms with Crippen molar-refractivity contribution in [2.45, 2.75) is 0 Å². The number of hydrogen-bond donors (Lipinski definition) is 0. The zero-order valence-electron chi connectivity index (χ0n) is 17.8. The number of nitrogens with zero attached hydrogens (tertiary/aromatic N) is 4. The summed E-state index contributed by atoms with van der Waals surface area (Å²) in [5.41, 5.74) is 5.60. The van der Waals surface area contributed by atoms with Crippen molar-refractivity contribution in [3.8, 4) is 39.8 Å². The quantitative estimate of drug-likeness (QED) is 0.421. The van der Waals surface area contributed by atoms with Crippen LogP contribution in [0.3, 0.4) is 0 Å². The number of aromatic nitrogens is 4. The lowest BCUT2D eigenvalue weighted by molar-refractivity contribution is 0.324. The van der Waals surface area contributed by atoms with E-state index in [4.69, 9.17) is 19.3 Å². The maximum Gasteiger partial charge on any atom is 0.203 e. The Labute approximate surface area is 179 Å². The van der Waals surface area contributed by atoms with Crippen LogP contribution < -0.4 is 14.2 Å². The Morgan fingerprint density at radius 1 is 0.806 bits per heavy atom. The number of hydrogen-bond acceptors (Lipinski definition) is 5. The molecule has 7 heteroatoms. The first-order valence-corrected chi connectivity index (χ1v) is 9.83. The van der Waals surface area contributed by atoms with Crippen LogP contribution in [0.1, 0.15) is 0 Å². The van der Waals surface area contributed by atoms with Crippen molar-refractivity contribution in [2.75, 3.05) is 21.3 Å².